The Hall–Kier alpha value is -2.33. The fourth-order valence-electron chi connectivity index (χ4n) is 1.36. The van der Waals surface area contributed by atoms with Crippen LogP contribution >= 0.6 is 12.2 Å². The van der Waals surface area contributed by atoms with Gasteiger partial charge in [0.1, 0.15) is 22.0 Å². The normalized spacial score (nSPS) is 10.0. The third-order valence-corrected chi connectivity index (χ3v) is 2.58. The Morgan fingerprint density at radius 3 is 2.53 bits per heavy atom. The van der Waals surface area contributed by atoms with Crippen LogP contribution in [-0.2, 0) is 0 Å². The summed E-state index contributed by atoms with van der Waals surface area (Å²) in [6.45, 7) is 0. The highest BCUT2D eigenvalue weighted by atomic mass is 32.1. The minimum absolute atomic E-state index is 0.0263. The van der Waals surface area contributed by atoms with E-state index in [2.05, 4.69) is 4.98 Å². The number of halogens is 3. The first-order chi connectivity index (χ1) is 9.04. The number of nitrogens with one attached hydrogen (secondary N) is 1. The van der Waals surface area contributed by atoms with Gasteiger partial charge >= 0.3 is 0 Å². The second kappa shape index (κ2) is 5.12. The molecule has 3 nitrogen and oxygen atoms in total. The van der Waals surface area contributed by atoms with Gasteiger partial charge in [0, 0.05) is 6.20 Å². The summed E-state index contributed by atoms with van der Waals surface area (Å²) in [4.78, 5) is 2.60. The molecule has 0 aliphatic heterocycles. The topological polar surface area (TPSA) is 48.8 Å². The number of rotatable bonds is 2. The number of aromatic nitrogens is 1. The van der Waals surface area contributed by atoms with Gasteiger partial charge < -0.3 is 9.72 Å². The Morgan fingerprint density at radius 2 is 1.84 bits per heavy atom. The smallest absolute Gasteiger partial charge is 0.204 e. The van der Waals surface area contributed by atoms with Crippen LogP contribution in [0.2, 0.25) is 0 Å². The summed E-state index contributed by atoms with van der Waals surface area (Å²) >= 11 is 4.85. The van der Waals surface area contributed by atoms with Gasteiger partial charge in [-0.25, -0.2) is 8.78 Å². The molecule has 0 unspecified atom stereocenters. The van der Waals surface area contributed by atoms with Crippen molar-refractivity contribution in [3.8, 4) is 17.6 Å². The van der Waals surface area contributed by atoms with Crippen LogP contribution < -0.4 is 4.74 Å². The third-order valence-electron chi connectivity index (χ3n) is 2.25. The van der Waals surface area contributed by atoms with Crippen LogP contribution in [0.4, 0.5) is 13.2 Å². The summed E-state index contributed by atoms with van der Waals surface area (Å²) in [6, 6.07) is 4.76. The van der Waals surface area contributed by atoms with Crippen LogP contribution in [0.1, 0.15) is 5.56 Å². The van der Waals surface area contributed by atoms with Gasteiger partial charge in [-0.05, 0) is 18.2 Å². The number of hydrogen-bond donors (Lipinski definition) is 1. The molecule has 0 aliphatic carbocycles. The summed E-state index contributed by atoms with van der Waals surface area (Å²) in [5.74, 6) is -5.01. The van der Waals surface area contributed by atoms with E-state index < -0.39 is 23.2 Å². The van der Waals surface area contributed by atoms with E-state index in [0.717, 1.165) is 12.1 Å². The number of hydrogen-bond acceptors (Lipinski definition) is 3. The van der Waals surface area contributed by atoms with E-state index in [4.69, 9.17) is 22.2 Å². The van der Waals surface area contributed by atoms with Crippen molar-refractivity contribution in [2.75, 3.05) is 0 Å². The van der Waals surface area contributed by atoms with Gasteiger partial charge in [0.05, 0.1) is 0 Å². The molecule has 19 heavy (non-hydrogen) atoms. The zero-order valence-electron chi connectivity index (χ0n) is 9.21. The minimum Gasteiger partial charge on any atom is -0.453 e. The van der Waals surface area contributed by atoms with E-state index in [9.17, 15) is 13.2 Å². The molecule has 0 radical (unpaired) electrons. The standard InChI is InChI=1S/C12H5F3N2OS/c13-7-1-2-9(11(15)10(7)14)18-8-3-4-17-12(19)6(8)5-16/h1-4H,(H,17,19). The Morgan fingerprint density at radius 1 is 1.11 bits per heavy atom. The van der Waals surface area contributed by atoms with Gasteiger partial charge in [0.25, 0.3) is 0 Å². The molecule has 0 atom stereocenters. The molecule has 2 rings (SSSR count). The number of H-pyrrole nitrogens is 1. The predicted molar refractivity (Wildman–Crippen MR) is 62.7 cm³/mol. The molecule has 0 saturated heterocycles. The van der Waals surface area contributed by atoms with Gasteiger partial charge in [-0.1, -0.05) is 12.2 Å². The molecule has 1 aromatic heterocycles. The van der Waals surface area contributed by atoms with Crippen LogP contribution in [0.5, 0.6) is 11.5 Å². The largest absolute Gasteiger partial charge is 0.453 e. The van der Waals surface area contributed by atoms with Crippen molar-refractivity contribution in [2.24, 2.45) is 0 Å². The van der Waals surface area contributed by atoms with E-state index in [-0.39, 0.29) is 16.0 Å². The monoisotopic (exact) mass is 282 g/mol. The maximum atomic E-state index is 13.4. The zero-order valence-corrected chi connectivity index (χ0v) is 10.0. The fraction of sp³-hybridized carbons (Fsp3) is 0. The number of aromatic amines is 1. The SMILES string of the molecule is N#Cc1c(Oc2ccc(F)c(F)c2F)cc[nH]c1=S. The van der Waals surface area contributed by atoms with Crippen molar-refractivity contribution in [3.05, 3.63) is 52.1 Å². The van der Waals surface area contributed by atoms with Gasteiger partial charge in [-0.3, -0.25) is 0 Å². The predicted octanol–water partition coefficient (Wildman–Crippen LogP) is 3.83. The van der Waals surface area contributed by atoms with Gasteiger partial charge in [-0.15, -0.1) is 0 Å². The Balaban J connectivity index is 2.49. The summed E-state index contributed by atoms with van der Waals surface area (Å²) < 4.78 is 44.4. The fourth-order valence-corrected chi connectivity index (χ4v) is 1.57. The van der Waals surface area contributed by atoms with Crippen molar-refractivity contribution < 1.29 is 17.9 Å². The van der Waals surface area contributed by atoms with Crippen LogP contribution in [0, 0.1) is 33.4 Å². The molecule has 96 valence electrons. The van der Waals surface area contributed by atoms with Crippen molar-refractivity contribution in [2.45, 2.75) is 0 Å². The summed E-state index contributed by atoms with van der Waals surface area (Å²) in [7, 11) is 0. The van der Waals surface area contributed by atoms with E-state index in [0.29, 0.717) is 0 Å². The second-order valence-electron chi connectivity index (χ2n) is 3.43. The maximum absolute atomic E-state index is 13.4. The molecule has 0 saturated carbocycles. The van der Waals surface area contributed by atoms with Crippen LogP contribution in [0.15, 0.2) is 24.4 Å². The molecule has 0 amide bonds. The number of pyridine rings is 1. The van der Waals surface area contributed by atoms with Crippen molar-refractivity contribution in [3.63, 3.8) is 0 Å². The summed E-state index contributed by atoms with van der Waals surface area (Å²) in [6.07, 6.45) is 1.39. The van der Waals surface area contributed by atoms with Crippen molar-refractivity contribution in [1.29, 1.82) is 5.26 Å². The molecule has 1 aromatic carbocycles. The third kappa shape index (κ3) is 2.44. The molecular formula is C12H5F3N2OS. The van der Waals surface area contributed by atoms with E-state index in [1.54, 1.807) is 6.07 Å². The van der Waals surface area contributed by atoms with Gasteiger partial charge in [0.15, 0.2) is 17.4 Å². The lowest BCUT2D eigenvalue weighted by Gasteiger charge is -2.08. The molecule has 1 N–H and O–H groups in total. The molecule has 0 bridgehead atoms. The molecule has 0 aliphatic rings. The molecule has 2 aromatic rings. The van der Waals surface area contributed by atoms with Gasteiger partial charge in [0.2, 0.25) is 5.82 Å². The molecule has 7 heteroatoms. The van der Waals surface area contributed by atoms with Crippen LogP contribution in [-0.4, -0.2) is 4.98 Å². The van der Waals surface area contributed by atoms with E-state index in [1.807, 2.05) is 0 Å². The number of nitriles is 1. The Kier molecular flexibility index (Phi) is 3.53. The molecule has 0 spiro atoms. The number of benzene rings is 1. The van der Waals surface area contributed by atoms with Crippen LogP contribution in [0.25, 0.3) is 0 Å². The molecule has 1 heterocycles. The van der Waals surface area contributed by atoms with E-state index >= 15 is 0 Å². The lowest BCUT2D eigenvalue weighted by molar-refractivity contribution is 0.393. The number of ether oxygens (including phenoxy) is 1. The van der Waals surface area contributed by atoms with Crippen molar-refractivity contribution in [1.82, 2.24) is 4.98 Å². The Bertz CT molecular complexity index is 737. The second-order valence-corrected chi connectivity index (χ2v) is 3.84. The molecular weight excluding hydrogens is 277 g/mol. The minimum atomic E-state index is -1.64. The first-order valence-electron chi connectivity index (χ1n) is 4.97. The molecule has 0 fully saturated rings. The summed E-state index contributed by atoms with van der Waals surface area (Å²) in [5, 5.41) is 8.90. The lowest BCUT2D eigenvalue weighted by atomic mass is 10.2. The average Bonchev–Trinajstić information content (AvgIpc) is 2.40. The first kappa shape index (κ1) is 13.1. The maximum Gasteiger partial charge on any atom is 0.204 e. The zero-order chi connectivity index (χ0) is 14.0. The highest BCUT2D eigenvalue weighted by Gasteiger charge is 2.16. The van der Waals surface area contributed by atoms with E-state index in [1.165, 1.54) is 12.3 Å². The first-order valence-corrected chi connectivity index (χ1v) is 5.38. The average molecular weight is 282 g/mol. The number of nitrogens with zero attached hydrogens (tertiary/aromatic N) is 1. The van der Waals surface area contributed by atoms with Crippen molar-refractivity contribution >= 4 is 12.2 Å². The van der Waals surface area contributed by atoms with Crippen LogP contribution in [0.3, 0.4) is 0 Å². The summed E-state index contributed by atoms with van der Waals surface area (Å²) in [5.41, 5.74) is -0.0263. The highest BCUT2D eigenvalue weighted by molar-refractivity contribution is 7.71. The van der Waals surface area contributed by atoms with Gasteiger partial charge in [-0.2, -0.15) is 9.65 Å². The lowest BCUT2D eigenvalue weighted by Crippen LogP contribution is -1.97. The quantitative estimate of drug-likeness (QED) is 0.672. The highest BCUT2D eigenvalue weighted by Crippen LogP contribution is 2.29. The Labute approximate surface area is 110 Å².